The van der Waals surface area contributed by atoms with Crippen LogP contribution in [-0.2, 0) is 0 Å². The van der Waals surface area contributed by atoms with E-state index in [1.54, 1.807) is 0 Å². The van der Waals surface area contributed by atoms with Crippen molar-refractivity contribution in [2.75, 3.05) is 0 Å². The van der Waals surface area contributed by atoms with Crippen molar-refractivity contribution in [2.45, 2.75) is 27.1 Å². The standard InChI is InChI=1S/C7H12FN/c1-4-6(2)5-9-7(3)8/h4-5,7H,1-3H3/b6-4-,9-5-. The van der Waals surface area contributed by atoms with Crippen molar-refractivity contribution in [1.82, 2.24) is 0 Å². The summed E-state index contributed by atoms with van der Waals surface area (Å²) in [6, 6.07) is 0. The van der Waals surface area contributed by atoms with Gasteiger partial charge in [0.1, 0.15) is 0 Å². The summed E-state index contributed by atoms with van der Waals surface area (Å²) in [7, 11) is 0. The molecule has 0 amide bonds. The van der Waals surface area contributed by atoms with Crippen LogP contribution in [0.4, 0.5) is 4.39 Å². The summed E-state index contributed by atoms with van der Waals surface area (Å²) in [5.74, 6) is 0. The van der Waals surface area contributed by atoms with Gasteiger partial charge in [-0.3, -0.25) is 4.99 Å². The molecular weight excluding hydrogens is 117 g/mol. The third-order valence-electron chi connectivity index (χ3n) is 0.939. The van der Waals surface area contributed by atoms with Crippen molar-refractivity contribution in [3.05, 3.63) is 11.6 Å². The van der Waals surface area contributed by atoms with Gasteiger partial charge in [-0.05, 0) is 26.3 Å². The van der Waals surface area contributed by atoms with Gasteiger partial charge in [-0.2, -0.15) is 0 Å². The summed E-state index contributed by atoms with van der Waals surface area (Å²) in [4.78, 5) is 3.54. The number of hydrogen-bond acceptors (Lipinski definition) is 1. The maximum Gasteiger partial charge on any atom is 0.187 e. The molecule has 0 bridgehead atoms. The lowest BCUT2D eigenvalue weighted by atomic mass is 10.3. The summed E-state index contributed by atoms with van der Waals surface area (Å²) in [6.07, 6.45) is 2.33. The molecule has 0 aliphatic rings. The van der Waals surface area contributed by atoms with Crippen molar-refractivity contribution < 1.29 is 4.39 Å². The molecule has 0 aromatic carbocycles. The third kappa shape index (κ3) is 5.21. The van der Waals surface area contributed by atoms with Crippen molar-refractivity contribution in [2.24, 2.45) is 4.99 Å². The largest absolute Gasteiger partial charge is 0.257 e. The van der Waals surface area contributed by atoms with Gasteiger partial charge >= 0.3 is 0 Å². The number of hydrogen-bond donors (Lipinski definition) is 0. The van der Waals surface area contributed by atoms with Gasteiger partial charge in [-0.1, -0.05) is 6.08 Å². The predicted octanol–water partition coefficient (Wildman–Crippen LogP) is 2.34. The lowest BCUT2D eigenvalue weighted by Crippen LogP contribution is -1.86. The molecule has 1 atom stereocenters. The highest BCUT2D eigenvalue weighted by Gasteiger charge is 1.86. The summed E-state index contributed by atoms with van der Waals surface area (Å²) in [5.41, 5.74) is 0.986. The first-order valence-electron chi connectivity index (χ1n) is 2.97. The van der Waals surface area contributed by atoms with Gasteiger partial charge in [-0.15, -0.1) is 0 Å². The van der Waals surface area contributed by atoms with E-state index in [2.05, 4.69) is 4.99 Å². The number of nitrogens with zero attached hydrogens (tertiary/aromatic N) is 1. The number of halogens is 1. The zero-order chi connectivity index (χ0) is 7.28. The highest BCUT2D eigenvalue weighted by Crippen LogP contribution is 1.91. The molecular formula is C7H12FN. The average molecular weight is 129 g/mol. The first-order chi connectivity index (χ1) is 4.16. The van der Waals surface area contributed by atoms with E-state index in [1.807, 2.05) is 19.9 Å². The second kappa shape index (κ2) is 4.24. The number of allylic oxidation sites excluding steroid dienone is 2. The van der Waals surface area contributed by atoms with E-state index in [0.29, 0.717) is 0 Å². The first kappa shape index (κ1) is 8.34. The molecule has 0 fully saturated rings. The molecule has 1 nitrogen and oxygen atoms in total. The molecule has 0 radical (unpaired) electrons. The van der Waals surface area contributed by atoms with E-state index in [4.69, 9.17) is 0 Å². The molecule has 0 spiro atoms. The number of alkyl halides is 1. The smallest absolute Gasteiger partial charge is 0.187 e. The van der Waals surface area contributed by atoms with Crippen LogP contribution in [0.5, 0.6) is 0 Å². The Hall–Kier alpha value is -0.660. The Balaban J connectivity index is 3.71. The van der Waals surface area contributed by atoms with Crippen LogP contribution in [0.3, 0.4) is 0 Å². The van der Waals surface area contributed by atoms with Crippen molar-refractivity contribution in [3.8, 4) is 0 Å². The monoisotopic (exact) mass is 129 g/mol. The Bertz CT molecular complexity index is 125. The van der Waals surface area contributed by atoms with E-state index >= 15 is 0 Å². The van der Waals surface area contributed by atoms with Crippen molar-refractivity contribution in [3.63, 3.8) is 0 Å². The van der Waals surface area contributed by atoms with Gasteiger partial charge < -0.3 is 0 Å². The van der Waals surface area contributed by atoms with Crippen LogP contribution in [0, 0.1) is 0 Å². The Morgan fingerprint density at radius 2 is 2.22 bits per heavy atom. The highest BCUT2D eigenvalue weighted by molar-refractivity contribution is 5.77. The first-order valence-corrected chi connectivity index (χ1v) is 2.97. The Kier molecular flexibility index (Phi) is 3.93. The van der Waals surface area contributed by atoms with E-state index < -0.39 is 6.30 Å². The Labute approximate surface area is 55.3 Å². The van der Waals surface area contributed by atoms with Crippen LogP contribution < -0.4 is 0 Å². The van der Waals surface area contributed by atoms with E-state index in [9.17, 15) is 4.39 Å². The van der Waals surface area contributed by atoms with E-state index in [1.165, 1.54) is 13.1 Å². The summed E-state index contributed by atoms with van der Waals surface area (Å²) in [5, 5.41) is 0. The van der Waals surface area contributed by atoms with Crippen LogP contribution in [0.2, 0.25) is 0 Å². The normalized spacial score (nSPS) is 16.7. The quantitative estimate of drug-likeness (QED) is 0.401. The minimum absolute atomic E-state index is 0.986. The zero-order valence-electron chi connectivity index (χ0n) is 6.06. The van der Waals surface area contributed by atoms with Gasteiger partial charge in [0.15, 0.2) is 6.30 Å². The van der Waals surface area contributed by atoms with Crippen LogP contribution in [0.15, 0.2) is 16.6 Å². The summed E-state index contributed by atoms with van der Waals surface area (Å²) < 4.78 is 12.0. The predicted molar refractivity (Wildman–Crippen MR) is 38.5 cm³/mol. The van der Waals surface area contributed by atoms with E-state index in [-0.39, 0.29) is 0 Å². The van der Waals surface area contributed by atoms with Crippen LogP contribution in [0.1, 0.15) is 20.8 Å². The van der Waals surface area contributed by atoms with Crippen molar-refractivity contribution >= 4 is 6.21 Å². The van der Waals surface area contributed by atoms with Crippen LogP contribution in [0.25, 0.3) is 0 Å². The lowest BCUT2D eigenvalue weighted by Gasteiger charge is -1.90. The molecule has 0 saturated carbocycles. The molecule has 0 aliphatic carbocycles. The number of rotatable bonds is 2. The topological polar surface area (TPSA) is 12.4 Å². The molecule has 0 aliphatic heterocycles. The minimum Gasteiger partial charge on any atom is -0.257 e. The molecule has 2 heteroatoms. The van der Waals surface area contributed by atoms with Gasteiger partial charge in [0.05, 0.1) is 0 Å². The second-order valence-electron chi connectivity index (χ2n) is 1.88. The fourth-order valence-electron chi connectivity index (χ4n) is 0.295. The minimum atomic E-state index is -1.08. The summed E-state index contributed by atoms with van der Waals surface area (Å²) in [6.45, 7) is 5.18. The van der Waals surface area contributed by atoms with Crippen LogP contribution in [-0.4, -0.2) is 12.5 Å². The molecule has 0 saturated heterocycles. The molecule has 0 aromatic heterocycles. The SMILES string of the molecule is C/C=C(C)\C=N/C(C)F. The zero-order valence-corrected chi connectivity index (χ0v) is 6.06. The number of aliphatic imine (C=N–C) groups is 1. The van der Waals surface area contributed by atoms with Gasteiger partial charge in [-0.25, -0.2) is 4.39 Å². The molecule has 0 N–H and O–H groups in total. The lowest BCUT2D eigenvalue weighted by molar-refractivity contribution is 0.377. The Morgan fingerprint density at radius 3 is 2.56 bits per heavy atom. The Morgan fingerprint density at radius 1 is 1.67 bits per heavy atom. The molecule has 1 unspecified atom stereocenters. The average Bonchev–Trinajstić information content (AvgIpc) is 1.83. The van der Waals surface area contributed by atoms with Gasteiger partial charge in [0.2, 0.25) is 0 Å². The van der Waals surface area contributed by atoms with E-state index in [0.717, 1.165) is 5.57 Å². The van der Waals surface area contributed by atoms with Crippen molar-refractivity contribution in [1.29, 1.82) is 0 Å². The van der Waals surface area contributed by atoms with Gasteiger partial charge in [0.25, 0.3) is 0 Å². The molecule has 9 heavy (non-hydrogen) atoms. The third-order valence-corrected chi connectivity index (χ3v) is 0.939. The maximum atomic E-state index is 12.0. The maximum absolute atomic E-state index is 12.0. The molecule has 0 aromatic rings. The van der Waals surface area contributed by atoms with Gasteiger partial charge in [0, 0.05) is 6.21 Å². The summed E-state index contributed by atoms with van der Waals surface area (Å²) >= 11 is 0. The van der Waals surface area contributed by atoms with Crippen LogP contribution >= 0.6 is 0 Å². The fourth-order valence-corrected chi connectivity index (χ4v) is 0.295. The molecule has 0 heterocycles. The molecule has 0 rings (SSSR count). The second-order valence-corrected chi connectivity index (χ2v) is 1.88. The highest BCUT2D eigenvalue weighted by atomic mass is 19.1. The fraction of sp³-hybridized carbons (Fsp3) is 0.571. The molecule has 52 valence electrons.